The molecular weight excluding hydrogens is 578 g/mol. The molecule has 0 radical (unpaired) electrons. The molecule has 4 N–H and O–H groups in total. The molecule has 2 aromatic carbocycles. The maximum Gasteiger partial charge on any atom is 0.416 e. The Labute approximate surface area is 237 Å². The minimum atomic E-state index is -5.16. The fourth-order valence-corrected chi connectivity index (χ4v) is 5.13. The molecule has 1 aliphatic heterocycles. The molecule has 2 aromatic rings. The highest BCUT2D eigenvalue weighted by Gasteiger charge is 2.44. The minimum absolute atomic E-state index is 0.0226. The van der Waals surface area contributed by atoms with Crippen molar-refractivity contribution in [2.75, 3.05) is 11.9 Å². The number of alkyl halides is 8. The molecule has 3 rings (SSSR count). The van der Waals surface area contributed by atoms with Crippen molar-refractivity contribution in [2.45, 2.75) is 76.4 Å². The van der Waals surface area contributed by atoms with Crippen LogP contribution in [0.5, 0.6) is 0 Å². The highest BCUT2D eigenvalue weighted by atomic mass is 19.4. The summed E-state index contributed by atoms with van der Waals surface area (Å²) in [5.41, 5.74) is 2.22. The van der Waals surface area contributed by atoms with Crippen molar-refractivity contribution in [3.8, 4) is 0 Å². The van der Waals surface area contributed by atoms with Gasteiger partial charge in [0.25, 0.3) is 6.43 Å². The number of anilines is 1. The Balaban J connectivity index is 2.38. The number of hydrogen-bond acceptors (Lipinski definition) is 5. The van der Waals surface area contributed by atoms with Crippen molar-refractivity contribution >= 4 is 17.6 Å². The van der Waals surface area contributed by atoms with Crippen LogP contribution in [-0.2, 0) is 17.1 Å². The van der Waals surface area contributed by atoms with E-state index in [0.717, 1.165) is 17.3 Å². The molecule has 0 fully saturated rings. The number of fused-ring (bicyclic) bond motifs is 1. The molecule has 0 aromatic heterocycles. The van der Waals surface area contributed by atoms with Crippen molar-refractivity contribution in [3.05, 3.63) is 64.2 Å². The Morgan fingerprint density at radius 3 is 2.07 bits per heavy atom. The van der Waals surface area contributed by atoms with Crippen LogP contribution in [0.25, 0.3) is 0 Å². The lowest BCUT2D eigenvalue weighted by Crippen LogP contribution is -2.47. The summed E-state index contributed by atoms with van der Waals surface area (Å²) in [6.45, 7) is 4.92. The van der Waals surface area contributed by atoms with Gasteiger partial charge in [-0.15, -0.1) is 5.10 Å². The average molecular weight is 610 g/mol. The lowest BCUT2D eigenvalue weighted by Gasteiger charge is -2.43. The third-order valence-electron chi connectivity index (χ3n) is 6.82. The van der Waals surface area contributed by atoms with Crippen molar-refractivity contribution < 1.29 is 44.7 Å². The van der Waals surface area contributed by atoms with Gasteiger partial charge in [-0.1, -0.05) is 13.0 Å². The minimum Gasteiger partial charge on any atom is -0.446 e. The van der Waals surface area contributed by atoms with Gasteiger partial charge < -0.3 is 10.5 Å². The number of nitrogens with zero attached hydrogens (tertiary/aromatic N) is 3. The van der Waals surface area contributed by atoms with Crippen LogP contribution in [0.3, 0.4) is 0 Å². The standard InChI is InChI=1S/C27H31F8N5O2/c1-5-18-12-20(19-10-14(23(28)29)6-7-21(19)40(18)25(41)42-13(2)3)22(24(36)38-39(4)37)15-8-16(26(30,31)32)11-17(9-15)27(33,34)35/h6-11,13,18,20,22-23H,5,12,37H2,1-4H3,(H2,36,38)/t18?,20?,22-/m0/s1. The number of hydrazine groups is 1. The van der Waals surface area contributed by atoms with Gasteiger partial charge in [-0.25, -0.2) is 24.5 Å². The first-order valence-corrected chi connectivity index (χ1v) is 12.9. The molecule has 0 bridgehead atoms. The second-order valence-corrected chi connectivity index (χ2v) is 10.2. The third kappa shape index (κ3) is 7.23. The molecule has 1 amide bonds. The van der Waals surface area contributed by atoms with Crippen LogP contribution >= 0.6 is 0 Å². The van der Waals surface area contributed by atoms with Crippen molar-refractivity contribution in [3.63, 3.8) is 0 Å². The van der Waals surface area contributed by atoms with Gasteiger partial charge in [0.1, 0.15) is 5.84 Å². The Morgan fingerprint density at radius 2 is 1.62 bits per heavy atom. The molecule has 1 heterocycles. The topological polar surface area (TPSA) is 97.2 Å². The first kappa shape index (κ1) is 32.9. The van der Waals surface area contributed by atoms with E-state index in [1.165, 1.54) is 18.0 Å². The number of rotatable bonds is 7. The zero-order chi connectivity index (χ0) is 31.7. The van der Waals surface area contributed by atoms with Gasteiger partial charge in [0.2, 0.25) is 0 Å². The smallest absolute Gasteiger partial charge is 0.416 e. The highest BCUT2D eigenvalue weighted by molar-refractivity contribution is 5.93. The number of ether oxygens (including phenoxy) is 1. The number of hydrogen-bond donors (Lipinski definition) is 2. The maximum atomic E-state index is 13.8. The Morgan fingerprint density at radius 1 is 1.05 bits per heavy atom. The van der Waals surface area contributed by atoms with E-state index in [4.69, 9.17) is 16.3 Å². The van der Waals surface area contributed by atoms with Gasteiger partial charge in [-0.2, -0.15) is 26.3 Å². The van der Waals surface area contributed by atoms with E-state index in [1.807, 2.05) is 0 Å². The molecule has 0 saturated carbocycles. The van der Waals surface area contributed by atoms with Crippen molar-refractivity contribution in [1.82, 2.24) is 5.12 Å². The third-order valence-corrected chi connectivity index (χ3v) is 6.82. The SMILES string of the molecule is CCC1CC([C@@H](/C(N)=N/N(C)N)c2cc(C(F)(F)F)cc(C(F)(F)F)c2)c2cc(C(F)F)ccc2N1C(=O)OC(C)C. The normalized spacial score (nSPS) is 18.7. The summed E-state index contributed by atoms with van der Waals surface area (Å²) in [5, 5.41) is 4.60. The predicted octanol–water partition coefficient (Wildman–Crippen LogP) is 7.14. The van der Waals surface area contributed by atoms with Crippen LogP contribution in [0.1, 0.15) is 79.7 Å². The van der Waals surface area contributed by atoms with Gasteiger partial charge in [-0.05, 0) is 68.1 Å². The Kier molecular flexibility index (Phi) is 9.64. The molecule has 42 heavy (non-hydrogen) atoms. The van der Waals surface area contributed by atoms with Crippen molar-refractivity contribution in [1.29, 1.82) is 0 Å². The first-order valence-electron chi connectivity index (χ1n) is 12.9. The maximum absolute atomic E-state index is 13.8. The molecule has 232 valence electrons. The van der Waals surface area contributed by atoms with Crippen molar-refractivity contribution in [2.24, 2.45) is 16.7 Å². The van der Waals surface area contributed by atoms with Crippen LogP contribution in [-0.4, -0.2) is 36.2 Å². The fourth-order valence-electron chi connectivity index (χ4n) is 5.13. The van der Waals surface area contributed by atoms with Crippen LogP contribution in [0, 0.1) is 0 Å². The summed E-state index contributed by atoms with van der Waals surface area (Å²) in [6.07, 6.45) is -14.4. The quantitative estimate of drug-likeness (QED) is 0.114. The number of nitrogens with two attached hydrogens (primary N) is 2. The van der Waals surface area contributed by atoms with Crippen LogP contribution in [0.15, 0.2) is 41.5 Å². The van der Waals surface area contributed by atoms with E-state index in [2.05, 4.69) is 5.10 Å². The van der Waals surface area contributed by atoms with Gasteiger partial charge in [-0.3, -0.25) is 4.90 Å². The summed E-state index contributed by atoms with van der Waals surface area (Å²) in [6, 6.07) is 3.73. The van der Waals surface area contributed by atoms with Gasteiger partial charge in [0, 0.05) is 24.6 Å². The Bertz CT molecular complexity index is 1280. The summed E-state index contributed by atoms with van der Waals surface area (Å²) in [5.74, 6) is 2.54. The predicted molar refractivity (Wildman–Crippen MR) is 140 cm³/mol. The number of hydrazone groups is 1. The van der Waals surface area contributed by atoms with Gasteiger partial charge >= 0.3 is 18.4 Å². The van der Waals surface area contributed by atoms with Crippen LogP contribution in [0.2, 0.25) is 0 Å². The molecule has 0 aliphatic carbocycles. The van der Waals surface area contributed by atoms with E-state index in [9.17, 15) is 39.9 Å². The van der Waals surface area contributed by atoms with Gasteiger partial charge in [0.05, 0.1) is 28.8 Å². The van der Waals surface area contributed by atoms with E-state index < -0.39 is 76.9 Å². The molecule has 3 atom stereocenters. The highest BCUT2D eigenvalue weighted by Crippen LogP contribution is 2.49. The summed E-state index contributed by atoms with van der Waals surface area (Å²) in [7, 11) is 1.24. The van der Waals surface area contributed by atoms with E-state index in [0.29, 0.717) is 12.1 Å². The van der Waals surface area contributed by atoms with E-state index in [-0.39, 0.29) is 30.2 Å². The molecule has 7 nitrogen and oxygen atoms in total. The summed E-state index contributed by atoms with van der Waals surface area (Å²) < 4.78 is 116. The molecule has 1 aliphatic rings. The van der Waals surface area contributed by atoms with Crippen LogP contribution in [0.4, 0.5) is 45.6 Å². The monoisotopic (exact) mass is 609 g/mol. The summed E-state index contributed by atoms with van der Waals surface area (Å²) in [4.78, 5) is 14.4. The van der Waals surface area contributed by atoms with E-state index >= 15 is 0 Å². The van der Waals surface area contributed by atoms with Crippen LogP contribution < -0.4 is 16.5 Å². The number of halogens is 8. The number of carbonyl (C=O) groups is 1. The largest absolute Gasteiger partial charge is 0.446 e. The fraction of sp³-hybridized carbons (Fsp3) is 0.481. The zero-order valence-corrected chi connectivity index (χ0v) is 23.1. The van der Waals surface area contributed by atoms with E-state index in [1.54, 1.807) is 20.8 Å². The molecule has 0 saturated heterocycles. The first-order chi connectivity index (χ1) is 19.3. The zero-order valence-electron chi connectivity index (χ0n) is 23.1. The second kappa shape index (κ2) is 12.3. The van der Waals surface area contributed by atoms with Gasteiger partial charge in [0.15, 0.2) is 0 Å². The lowest BCUT2D eigenvalue weighted by atomic mass is 9.73. The molecule has 2 unspecified atom stereocenters. The lowest BCUT2D eigenvalue weighted by molar-refractivity contribution is -0.143. The number of carbonyl (C=O) groups excluding carboxylic acids is 1. The summed E-state index contributed by atoms with van der Waals surface area (Å²) >= 11 is 0. The number of amidine groups is 1. The number of amides is 1. The molecular formula is C27H31F8N5O2. The molecule has 15 heteroatoms. The second-order valence-electron chi connectivity index (χ2n) is 10.2. The number of benzene rings is 2. The Hall–Kier alpha value is -3.62. The molecule has 0 spiro atoms. The average Bonchev–Trinajstić information content (AvgIpc) is 2.85.